The number of aromatic amines is 1. The average Bonchev–Trinajstić information content (AvgIpc) is 3.20. The fourth-order valence-electron chi connectivity index (χ4n) is 4.21. The largest absolute Gasteiger partial charge is 0.341 e. The van der Waals surface area contributed by atoms with Crippen LogP contribution in [0, 0.1) is 5.41 Å². The number of hydrogen-bond acceptors (Lipinski definition) is 3. The Morgan fingerprint density at radius 2 is 2.22 bits per heavy atom. The van der Waals surface area contributed by atoms with E-state index in [0.717, 1.165) is 31.6 Å². The van der Waals surface area contributed by atoms with Crippen LogP contribution in [0.25, 0.3) is 0 Å². The molecule has 2 unspecified atom stereocenters. The number of likely N-dealkylation sites (tertiary alicyclic amines) is 1. The summed E-state index contributed by atoms with van der Waals surface area (Å²) in [4.78, 5) is 15.1. The minimum absolute atomic E-state index is 0.0454. The van der Waals surface area contributed by atoms with Crippen molar-refractivity contribution >= 4 is 5.91 Å². The lowest BCUT2D eigenvalue weighted by molar-refractivity contribution is -0.132. The third-order valence-corrected chi connectivity index (χ3v) is 5.48. The van der Waals surface area contributed by atoms with Gasteiger partial charge in [-0.1, -0.05) is 13.8 Å². The first kappa shape index (κ1) is 14.5. The number of nitrogens with zero attached hydrogens (tertiary/aromatic N) is 4. The topological polar surface area (TPSA) is 66.8 Å². The lowest BCUT2D eigenvalue weighted by atomic mass is 9.79. The molecule has 1 aliphatic carbocycles. The molecule has 2 aliphatic rings. The van der Waals surface area contributed by atoms with Gasteiger partial charge in [0.1, 0.15) is 0 Å². The molecule has 0 bridgehead atoms. The molecule has 0 aromatic carbocycles. The van der Waals surface area contributed by atoms with Gasteiger partial charge in [-0.25, -0.2) is 0 Å². The number of amides is 1. The second-order valence-corrected chi connectivity index (χ2v) is 7.61. The van der Waals surface area contributed by atoms with Gasteiger partial charge in [-0.2, -0.15) is 10.2 Å². The van der Waals surface area contributed by atoms with Crippen molar-refractivity contribution in [1.29, 1.82) is 0 Å². The summed E-state index contributed by atoms with van der Waals surface area (Å²) in [5.41, 5.74) is 3.51. The van der Waals surface area contributed by atoms with Crippen molar-refractivity contribution in [3.63, 3.8) is 0 Å². The van der Waals surface area contributed by atoms with Gasteiger partial charge in [0.15, 0.2) is 0 Å². The molecule has 0 spiro atoms. The third kappa shape index (κ3) is 2.28. The molecule has 0 saturated carbocycles. The minimum Gasteiger partial charge on any atom is -0.341 e. The van der Waals surface area contributed by atoms with Gasteiger partial charge in [0.2, 0.25) is 5.91 Å². The predicted octanol–water partition coefficient (Wildman–Crippen LogP) is 1.83. The van der Waals surface area contributed by atoms with Crippen LogP contribution in [0.4, 0.5) is 0 Å². The lowest BCUT2D eigenvalue weighted by Gasteiger charge is -2.24. The highest BCUT2D eigenvalue weighted by atomic mass is 16.2. The van der Waals surface area contributed by atoms with E-state index < -0.39 is 0 Å². The maximum Gasteiger partial charge on any atom is 0.231 e. The van der Waals surface area contributed by atoms with E-state index in [4.69, 9.17) is 0 Å². The molecule has 3 heterocycles. The fourth-order valence-corrected chi connectivity index (χ4v) is 4.21. The summed E-state index contributed by atoms with van der Waals surface area (Å²) in [7, 11) is 1.94. The molecule has 6 nitrogen and oxygen atoms in total. The van der Waals surface area contributed by atoms with Gasteiger partial charge in [0, 0.05) is 32.3 Å². The molecule has 4 rings (SSSR count). The van der Waals surface area contributed by atoms with Crippen molar-refractivity contribution in [2.75, 3.05) is 13.1 Å². The van der Waals surface area contributed by atoms with Crippen molar-refractivity contribution in [3.05, 3.63) is 35.4 Å². The summed E-state index contributed by atoms with van der Waals surface area (Å²) in [6.07, 6.45) is 7.71. The van der Waals surface area contributed by atoms with Gasteiger partial charge < -0.3 is 4.90 Å². The summed E-state index contributed by atoms with van der Waals surface area (Å²) in [5.74, 6) is 0.534. The Morgan fingerprint density at radius 3 is 2.96 bits per heavy atom. The van der Waals surface area contributed by atoms with E-state index in [0.29, 0.717) is 5.92 Å². The second kappa shape index (κ2) is 4.94. The van der Waals surface area contributed by atoms with Crippen LogP contribution < -0.4 is 0 Å². The van der Waals surface area contributed by atoms with Gasteiger partial charge in [0.25, 0.3) is 0 Å². The van der Waals surface area contributed by atoms with Gasteiger partial charge in [-0.15, -0.1) is 0 Å². The summed E-state index contributed by atoms with van der Waals surface area (Å²) in [6.45, 7) is 6.06. The van der Waals surface area contributed by atoms with Crippen molar-refractivity contribution in [2.45, 2.75) is 38.5 Å². The van der Waals surface area contributed by atoms with Crippen LogP contribution in [0.2, 0.25) is 0 Å². The zero-order valence-electron chi connectivity index (χ0n) is 13.9. The number of fused-ring (bicyclic) bond motifs is 1. The smallest absolute Gasteiger partial charge is 0.231 e. The van der Waals surface area contributed by atoms with Gasteiger partial charge in [-0.05, 0) is 29.4 Å². The van der Waals surface area contributed by atoms with Crippen molar-refractivity contribution in [3.8, 4) is 0 Å². The maximum absolute atomic E-state index is 13.0. The zero-order valence-corrected chi connectivity index (χ0v) is 13.9. The Bertz CT molecular complexity index is 744. The number of H-pyrrole nitrogens is 1. The molecule has 122 valence electrons. The van der Waals surface area contributed by atoms with Crippen LogP contribution in [0.1, 0.15) is 48.9 Å². The van der Waals surface area contributed by atoms with E-state index in [1.54, 1.807) is 0 Å². The van der Waals surface area contributed by atoms with Crippen LogP contribution >= 0.6 is 0 Å². The van der Waals surface area contributed by atoms with Crippen LogP contribution in [0.15, 0.2) is 18.6 Å². The van der Waals surface area contributed by atoms with Crippen LogP contribution in [0.5, 0.6) is 0 Å². The molecule has 1 aliphatic heterocycles. The molecule has 2 aromatic heterocycles. The standard InChI is InChI=1S/C17H23N5O/c1-17(2)10-22(9-14(17)12-7-19-21(3)8-12)16(23)13-5-4-11-6-18-20-15(11)13/h6-8,13-14H,4-5,9-10H2,1-3H3,(H,18,20). The molecular formula is C17H23N5O. The van der Waals surface area contributed by atoms with Crippen LogP contribution in [0.3, 0.4) is 0 Å². The van der Waals surface area contributed by atoms with Crippen molar-refractivity contribution in [1.82, 2.24) is 24.9 Å². The van der Waals surface area contributed by atoms with Crippen molar-refractivity contribution in [2.24, 2.45) is 12.5 Å². The first-order valence-electron chi connectivity index (χ1n) is 8.25. The average molecular weight is 313 g/mol. The van der Waals surface area contributed by atoms with E-state index in [1.807, 2.05) is 29.0 Å². The van der Waals surface area contributed by atoms with E-state index in [1.165, 1.54) is 11.1 Å². The number of aromatic nitrogens is 4. The first-order chi connectivity index (χ1) is 11.0. The number of rotatable bonds is 2. The Hall–Kier alpha value is -2.11. The van der Waals surface area contributed by atoms with Crippen LogP contribution in [-0.2, 0) is 18.3 Å². The Balaban J connectivity index is 1.56. The molecule has 2 atom stereocenters. The Kier molecular flexibility index (Phi) is 3.11. The summed E-state index contributed by atoms with van der Waals surface area (Å²) < 4.78 is 1.84. The highest BCUT2D eigenvalue weighted by molar-refractivity contribution is 5.85. The normalized spacial score (nSPS) is 25.8. The SMILES string of the molecule is Cn1cc(C2CN(C(=O)C3CCc4cn[nH]c43)CC2(C)C)cn1. The van der Waals surface area contributed by atoms with E-state index in [2.05, 4.69) is 35.3 Å². The number of carbonyl (C=O) groups is 1. The van der Waals surface area contributed by atoms with Gasteiger partial charge in [-0.3, -0.25) is 14.6 Å². The highest BCUT2D eigenvalue weighted by Gasteiger charge is 2.45. The second-order valence-electron chi connectivity index (χ2n) is 7.61. The molecule has 2 aromatic rings. The molecule has 1 fully saturated rings. The number of hydrogen-bond donors (Lipinski definition) is 1. The summed E-state index contributed by atoms with van der Waals surface area (Å²) in [6, 6.07) is 0. The zero-order chi connectivity index (χ0) is 16.2. The molecule has 1 amide bonds. The highest BCUT2D eigenvalue weighted by Crippen LogP contribution is 2.44. The summed E-state index contributed by atoms with van der Waals surface area (Å²) in [5, 5.41) is 11.4. The predicted molar refractivity (Wildman–Crippen MR) is 86.0 cm³/mol. The minimum atomic E-state index is -0.0454. The molecule has 23 heavy (non-hydrogen) atoms. The van der Waals surface area contributed by atoms with E-state index in [9.17, 15) is 4.79 Å². The number of aryl methyl sites for hydroxylation is 2. The lowest BCUT2D eigenvalue weighted by Crippen LogP contribution is -2.34. The van der Waals surface area contributed by atoms with Crippen molar-refractivity contribution < 1.29 is 4.79 Å². The molecule has 1 N–H and O–H groups in total. The Labute approximate surface area is 135 Å². The number of nitrogens with one attached hydrogen (secondary N) is 1. The van der Waals surface area contributed by atoms with Gasteiger partial charge >= 0.3 is 0 Å². The van der Waals surface area contributed by atoms with Crippen LogP contribution in [-0.4, -0.2) is 43.9 Å². The molecule has 0 radical (unpaired) electrons. The van der Waals surface area contributed by atoms with E-state index >= 15 is 0 Å². The number of carbonyl (C=O) groups excluding carboxylic acids is 1. The molecule has 6 heteroatoms. The third-order valence-electron chi connectivity index (χ3n) is 5.48. The Morgan fingerprint density at radius 1 is 1.39 bits per heavy atom. The maximum atomic E-state index is 13.0. The van der Waals surface area contributed by atoms with Gasteiger partial charge in [0.05, 0.1) is 24.0 Å². The van der Waals surface area contributed by atoms with E-state index in [-0.39, 0.29) is 17.2 Å². The fraction of sp³-hybridized carbons (Fsp3) is 0.588. The summed E-state index contributed by atoms with van der Waals surface area (Å²) >= 11 is 0. The molecule has 1 saturated heterocycles. The monoisotopic (exact) mass is 313 g/mol. The molecular weight excluding hydrogens is 290 g/mol. The quantitative estimate of drug-likeness (QED) is 0.920. The first-order valence-corrected chi connectivity index (χ1v) is 8.25.